The Hall–Kier alpha value is -0.870. The minimum Gasteiger partial charge on any atom is -0.327 e. The van der Waals surface area contributed by atoms with Crippen LogP contribution in [0.3, 0.4) is 0 Å². The fraction of sp³-hybridized carbons (Fsp3) is 0.682. The lowest BCUT2D eigenvalue weighted by Crippen LogP contribution is -2.50. The maximum absolute atomic E-state index is 6.30. The first-order valence-corrected chi connectivity index (χ1v) is 11.1. The molecule has 140 valence electrons. The summed E-state index contributed by atoms with van der Waals surface area (Å²) in [7, 11) is 0. The SMILES string of the molecule is C[C@]12CC[C@H](N)CC1=CCC1C2CC[C@]2(C)C(n3cnc(Br)c3)=CCC12. The first-order valence-electron chi connectivity index (χ1n) is 10.3. The molecule has 4 aliphatic rings. The Morgan fingerprint density at radius 1 is 1.12 bits per heavy atom. The number of rotatable bonds is 1. The van der Waals surface area contributed by atoms with Crippen LogP contribution in [0, 0.1) is 28.6 Å². The molecule has 0 spiro atoms. The molecule has 0 amide bonds. The maximum Gasteiger partial charge on any atom is 0.124 e. The van der Waals surface area contributed by atoms with E-state index >= 15 is 0 Å². The second-order valence-electron chi connectivity index (χ2n) is 9.65. The van der Waals surface area contributed by atoms with Crippen LogP contribution in [0.15, 0.2) is 34.9 Å². The van der Waals surface area contributed by atoms with Gasteiger partial charge in [0.1, 0.15) is 10.9 Å². The molecule has 3 nitrogen and oxygen atoms in total. The lowest BCUT2D eigenvalue weighted by atomic mass is 9.47. The third kappa shape index (κ3) is 2.30. The quantitative estimate of drug-likeness (QED) is 0.624. The fourth-order valence-electron chi connectivity index (χ4n) is 7.06. The maximum atomic E-state index is 6.30. The van der Waals surface area contributed by atoms with E-state index in [1.807, 2.05) is 6.33 Å². The van der Waals surface area contributed by atoms with Crippen molar-refractivity contribution in [2.24, 2.45) is 34.3 Å². The molecule has 5 rings (SSSR count). The molecule has 26 heavy (non-hydrogen) atoms. The van der Waals surface area contributed by atoms with Crippen molar-refractivity contribution in [3.8, 4) is 0 Å². The van der Waals surface area contributed by atoms with Crippen LogP contribution < -0.4 is 5.73 Å². The predicted molar refractivity (Wildman–Crippen MR) is 109 cm³/mol. The molecule has 2 fully saturated rings. The summed E-state index contributed by atoms with van der Waals surface area (Å²) in [5, 5.41) is 0. The topological polar surface area (TPSA) is 43.8 Å². The molecule has 0 radical (unpaired) electrons. The molecule has 2 N–H and O–H groups in total. The van der Waals surface area contributed by atoms with Crippen molar-refractivity contribution < 1.29 is 0 Å². The van der Waals surface area contributed by atoms with E-state index in [9.17, 15) is 0 Å². The second-order valence-corrected chi connectivity index (χ2v) is 10.5. The van der Waals surface area contributed by atoms with Crippen molar-refractivity contribution in [3.05, 3.63) is 34.9 Å². The summed E-state index contributed by atoms with van der Waals surface area (Å²) in [5.41, 5.74) is 10.2. The molecular formula is C22H30BrN3. The number of hydrogen-bond acceptors (Lipinski definition) is 2. The fourth-order valence-corrected chi connectivity index (χ4v) is 7.38. The Morgan fingerprint density at radius 2 is 1.92 bits per heavy atom. The summed E-state index contributed by atoms with van der Waals surface area (Å²) in [4.78, 5) is 4.40. The third-order valence-electron chi connectivity index (χ3n) is 8.51. The number of fused-ring (bicyclic) bond motifs is 5. The molecule has 4 aliphatic carbocycles. The minimum atomic E-state index is 0.286. The molecule has 2 saturated carbocycles. The van der Waals surface area contributed by atoms with Crippen molar-refractivity contribution in [3.63, 3.8) is 0 Å². The van der Waals surface area contributed by atoms with Gasteiger partial charge in [0.2, 0.25) is 0 Å². The summed E-state index contributed by atoms with van der Waals surface area (Å²) in [5.74, 6) is 2.43. The van der Waals surface area contributed by atoms with Gasteiger partial charge in [0, 0.05) is 23.4 Å². The predicted octanol–water partition coefficient (Wildman–Crippen LogP) is 5.39. The summed E-state index contributed by atoms with van der Waals surface area (Å²) >= 11 is 3.51. The number of nitrogens with two attached hydrogens (primary N) is 1. The van der Waals surface area contributed by atoms with Crippen LogP contribution in [0.1, 0.15) is 58.8 Å². The molecule has 3 unspecified atom stereocenters. The van der Waals surface area contributed by atoms with Crippen LogP contribution in [-0.4, -0.2) is 15.6 Å². The first kappa shape index (κ1) is 17.2. The van der Waals surface area contributed by atoms with Crippen LogP contribution in [0.4, 0.5) is 0 Å². The summed E-state index contributed by atoms with van der Waals surface area (Å²) in [6.07, 6.45) is 17.9. The van der Waals surface area contributed by atoms with Gasteiger partial charge in [-0.05, 0) is 84.0 Å². The molecule has 6 atom stereocenters. The van der Waals surface area contributed by atoms with Crippen LogP contribution in [-0.2, 0) is 0 Å². The van der Waals surface area contributed by atoms with E-state index in [2.05, 4.69) is 57.7 Å². The largest absolute Gasteiger partial charge is 0.327 e. The van der Waals surface area contributed by atoms with Crippen LogP contribution in [0.2, 0.25) is 0 Å². The molecule has 0 aliphatic heterocycles. The number of aromatic nitrogens is 2. The summed E-state index contributed by atoms with van der Waals surface area (Å²) < 4.78 is 3.19. The number of halogens is 1. The van der Waals surface area contributed by atoms with Gasteiger partial charge in [-0.25, -0.2) is 4.98 Å². The Kier molecular flexibility index (Phi) is 3.85. The van der Waals surface area contributed by atoms with E-state index < -0.39 is 0 Å². The molecule has 0 aromatic carbocycles. The number of hydrogen-bond donors (Lipinski definition) is 1. The smallest absolute Gasteiger partial charge is 0.124 e. The average Bonchev–Trinajstić information content (AvgIpc) is 3.18. The van der Waals surface area contributed by atoms with Gasteiger partial charge in [-0.15, -0.1) is 0 Å². The molecule has 0 bridgehead atoms. The van der Waals surface area contributed by atoms with Gasteiger partial charge in [0.25, 0.3) is 0 Å². The normalized spacial score (nSPS) is 44.6. The minimum absolute atomic E-state index is 0.286. The van der Waals surface area contributed by atoms with Crippen molar-refractivity contribution in [1.82, 2.24) is 9.55 Å². The highest BCUT2D eigenvalue weighted by atomic mass is 79.9. The highest BCUT2D eigenvalue weighted by Crippen LogP contribution is 2.65. The number of allylic oxidation sites excluding steroid dienone is 3. The van der Waals surface area contributed by atoms with Gasteiger partial charge in [0.15, 0.2) is 0 Å². The van der Waals surface area contributed by atoms with Crippen molar-refractivity contribution >= 4 is 21.6 Å². The van der Waals surface area contributed by atoms with Gasteiger partial charge in [-0.1, -0.05) is 31.6 Å². The highest BCUT2D eigenvalue weighted by Gasteiger charge is 2.56. The van der Waals surface area contributed by atoms with Gasteiger partial charge < -0.3 is 10.3 Å². The Morgan fingerprint density at radius 3 is 2.69 bits per heavy atom. The first-order chi connectivity index (χ1) is 12.4. The van der Waals surface area contributed by atoms with Crippen LogP contribution >= 0.6 is 15.9 Å². The molecule has 4 heteroatoms. The molecule has 0 saturated heterocycles. The second kappa shape index (κ2) is 5.81. The monoisotopic (exact) mass is 415 g/mol. The zero-order valence-electron chi connectivity index (χ0n) is 15.9. The Balaban J connectivity index is 1.47. The van der Waals surface area contributed by atoms with Crippen molar-refractivity contribution in [1.29, 1.82) is 0 Å². The van der Waals surface area contributed by atoms with Gasteiger partial charge in [-0.3, -0.25) is 0 Å². The summed E-state index contributed by atoms with van der Waals surface area (Å²) in [6, 6.07) is 0.388. The molecule has 1 aromatic heterocycles. The van der Waals surface area contributed by atoms with Crippen molar-refractivity contribution in [2.45, 2.75) is 64.8 Å². The van der Waals surface area contributed by atoms with E-state index in [-0.39, 0.29) is 5.41 Å². The highest BCUT2D eigenvalue weighted by molar-refractivity contribution is 9.10. The zero-order chi connectivity index (χ0) is 18.1. The van der Waals surface area contributed by atoms with Gasteiger partial charge in [-0.2, -0.15) is 0 Å². The van der Waals surface area contributed by atoms with E-state index in [0.717, 1.165) is 28.8 Å². The van der Waals surface area contributed by atoms with E-state index in [4.69, 9.17) is 5.73 Å². The molecule has 1 aromatic rings. The number of imidazole rings is 1. The van der Waals surface area contributed by atoms with Crippen LogP contribution in [0.5, 0.6) is 0 Å². The lowest BCUT2D eigenvalue weighted by Gasteiger charge is -2.57. The number of nitrogens with zero attached hydrogens (tertiary/aromatic N) is 2. The Bertz CT molecular complexity index is 793. The average molecular weight is 416 g/mol. The van der Waals surface area contributed by atoms with Gasteiger partial charge >= 0.3 is 0 Å². The molecular weight excluding hydrogens is 386 g/mol. The Labute approximate surface area is 165 Å². The van der Waals surface area contributed by atoms with Crippen LogP contribution in [0.25, 0.3) is 5.70 Å². The van der Waals surface area contributed by atoms with Crippen molar-refractivity contribution in [2.75, 3.05) is 0 Å². The lowest BCUT2D eigenvalue weighted by molar-refractivity contribution is -0.0127. The van der Waals surface area contributed by atoms with Gasteiger partial charge in [0.05, 0.1) is 0 Å². The van der Waals surface area contributed by atoms with E-state index in [1.54, 1.807) is 5.57 Å². The molecule has 1 heterocycles. The zero-order valence-corrected chi connectivity index (χ0v) is 17.5. The van der Waals surface area contributed by atoms with E-state index in [0.29, 0.717) is 11.5 Å². The standard InChI is InChI=1S/C22H30BrN3/c1-21-9-7-15(24)11-14(21)3-4-16-17-5-6-19(26-12-20(23)25-13-26)22(17,2)10-8-18(16)21/h3,6,12-13,15-18H,4-5,7-11,24H2,1-2H3/t15-,16?,17?,18?,21-,22-/m0/s1. The van der Waals surface area contributed by atoms with E-state index in [1.165, 1.54) is 44.2 Å². The third-order valence-corrected chi connectivity index (χ3v) is 8.92. The summed E-state index contributed by atoms with van der Waals surface area (Å²) in [6.45, 7) is 5.07.